The van der Waals surface area contributed by atoms with Gasteiger partial charge in [0.15, 0.2) is 0 Å². The number of thiophene rings is 1. The number of aromatic nitrogens is 2. The van der Waals surface area contributed by atoms with Crippen LogP contribution in [0.5, 0.6) is 0 Å². The second-order valence-corrected chi connectivity index (χ2v) is 15.8. The summed E-state index contributed by atoms with van der Waals surface area (Å²) in [6, 6.07) is 40.1. The first-order valence-electron chi connectivity index (χ1n) is 20.4. The molecule has 0 aliphatic carbocycles. The Balaban J connectivity index is 1.27. The Morgan fingerprint density at radius 3 is 2.08 bits per heavy atom. The van der Waals surface area contributed by atoms with E-state index in [1.54, 1.807) is 0 Å². The van der Waals surface area contributed by atoms with Gasteiger partial charge in [-0.1, -0.05) is 141 Å². The average Bonchev–Trinajstić information content (AvgIpc) is 3.93. The van der Waals surface area contributed by atoms with E-state index in [1.165, 1.54) is 80.8 Å². The smallest absolute Gasteiger partial charge is 0.0543 e. The molecule has 0 N–H and O–H groups in total. The van der Waals surface area contributed by atoms with Crippen LogP contribution >= 0.6 is 11.3 Å². The van der Waals surface area contributed by atoms with Crippen LogP contribution < -0.4 is 0 Å². The Bertz CT molecular complexity index is 3150. The fraction of sp³-hybridized carbons (Fsp3) is 0.107. The number of rotatable bonds is 12. The number of hydrogen-bond donors (Lipinski definition) is 0. The maximum absolute atomic E-state index is 4.71. The predicted molar refractivity (Wildman–Crippen MR) is 264 cm³/mol. The largest absolute Gasteiger partial charge is 0.313 e. The standard InChI is InChI=1S/C56H50N2S/c1-8-13-23-40(10-3)24-20-25-41(11-4)39(7)56-49(46-27-16-19-33-54(46)59-56)36-38(6)57-51-31-18-15-28-47(51)55-44(29-21-32-53(55)57)42-34-35-52-48(37-42)45-26-14-17-30-50(45)58(52)43(12-5)22-9-2/h8-23,25-37H,1,7,24H2,2-6H3/b22-9-,23-13-,25-20-,38-36+,40-10+,41-11+,43-12+. The lowest BCUT2D eigenvalue weighted by Crippen LogP contribution is -1.94. The second kappa shape index (κ2) is 17.0. The molecule has 0 unspecified atom stereocenters. The zero-order valence-electron chi connectivity index (χ0n) is 34.7. The van der Waals surface area contributed by atoms with Crippen molar-refractivity contribution in [3.05, 3.63) is 205 Å². The van der Waals surface area contributed by atoms with Gasteiger partial charge in [-0.05, 0) is 117 Å². The number of nitrogens with zero attached hydrogens (tertiary/aromatic N) is 2. The Hall–Kier alpha value is -6.68. The van der Waals surface area contributed by atoms with E-state index in [9.17, 15) is 0 Å². The molecule has 0 aliphatic heterocycles. The first-order valence-corrected chi connectivity index (χ1v) is 21.3. The van der Waals surface area contributed by atoms with Crippen molar-refractivity contribution in [2.24, 2.45) is 0 Å². The number of hydrogen-bond acceptors (Lipinski definition) is 1. The molecular formula is C56H50N2S. The molecule has 0 amide bonds. The quantitative estimate of drug-likeness (QED) is 0.109. The maximum Gasteiger partial charge on any atom is 0.0543 e. The molecule has 0 saturated heterocycles. The monoisotopic (exact) mass is 782 g/mol. The minimum absolute atomic E-state index is 0.838. The van der Waals surface area contributed by atoms with Crippen LogP contribution in [-0.2, 0) is 0 Å². The molecule has 59 heavy (non-hydrogen) atoms. The SMILES string of the molecule is C=C/C=C\C(=C/C)C/C=C\C(=C/C)C(=C)c1sc2ccccc2c1/C=C(\C)n1c2ccccc2c2c(-c3ccc4c(c3)c3ccccc3n4C(/C=C\C)=C/C)cccc21. The van der Waals surface area contributed by atoms with E-state index in [4.69, 9.17) is 6.58 Å². The number of allylic oxidation sites excluding steroid dienone is 15. The van der Waals surface area contributed by atoms with Gasteiger partial charge in [-0.15, -0.1) is 11.3 Å². The predicted octanol–water partition coefficient (Wildman–Crippen LogP) is 16.8. The highest BCUT2D eigenvalue weighted by atomic mass is 32.1. The molecule has 3 heteroatoms. The van der Waals surface area contributed by atoms with Gasteiger partial charge in [0.2, 0.25) is 0 Å². The van der Waals surface area contributed by atoms with Crippen LogP contribution in [0.3, 0.4) is 0 Å². The zero-order valence-corrected chi connectivity index (χ0v) is 35.5. The molecule has 0 bridgehead atoms. The van der Waals surface area contributed by atoms with Crippen molar-refractivity contribution in [3.63, 3.8) is 0 Å². The van der Waals surface area contributed by atoms with Crippen LogP contribution in [0, 0.1) is 0 Å². The topological polar surface area (TPSA) is 9.86 Å². The van der Waals surface area contributed by atoms with Crippen molar-refractivity contribution in [1.29, 1.82) is 0 Å². The van der Waals surface area contributed by atoms with E-state index in [2.05, 4.69) is 214 Å². The highest BCUT2D eigenvalue weighted by molar-refractivity contribution is 7.20. The van der Waals surface area contributed by atoms with Gasteiger partial charge in [-0.25, -0.2) is 0 Å². The van der Waals surface area contributed by atoms with Crippen LogP contribution in [0.15, 0.2) is 194 Å². The fourth-order valence-corrected chi connectivity index (χ4v) is 9.71. The molecule has 3 heterocycles. The summed E-state index contributed by atoms with van der Waals surface area (Å²) in [6.07, 6.45) is 24.4. The van der Waals surface area contributed by atoms with Gasteiger partial charge in [-0.2, -0.15) is 0 Å². The third kappa shape index (κ3) is 7.13. The molecule has 290 valence electrons. The minimum Gasteiger partial charge on any atom is -0.313 e. The molecule has 5 aromatic carbocycles. The molecule has 8 aromatic rings. The lowest BCUT2D eigenvalue weighted by atomic mass is 9.98. The van der Waals surface area contributed by atoms with Crippen LogP contribution in [0.2, 0.25) is 0 Å². The number of benzene rings is 5. The van der Waals surface area contributed by atoms with E-state index in [0.717, 1.165) is 29.0 Å². The van der Waals surface area contributed by atoms with Crippen LogP contribution in [-0.4, -0.2) is 9.13 Å². The maximum atomic E-state index is 4.71. The summed E-state index contributed by atoms with van der Waals surface area (Å²) in [5, 5.41) is 6.23. The van der Waals surface area contributed by atoms with Gasteiger partial charge in [0.25, 0.3) is 0 Å². The zero-order chi connectivity index (χ0) is 41.0. The Morgan fingerprint density at radius 1 is 0.661 bits per heavy atom. The van der Waals surface area contributed by atoms with Gasteiger partial charge in [0.1, 0.15) is 0 Å². The van der Waals surface area contributed by atoms with Crippen LogP contribution in [0.4, 0.5) is 0 Å². The van der Waals surface area contributed by atoms with Crippen molar-refractivity contribution < 1.29 is 0 Å². The normalized spacial score (nSPS) is 13.6. The van der Waals surface area contributed by atoms with Crippen molar-refractivity contribution in [2.75, 3.05) is 0 Å². The first kappa shape index (κ1) is 39.2. The van der Waals surface area contributed by atoms with Gasteiger partial charge >= 0.3 is 0 Å². The van der Waals surface area contributed by atoms with E-state index in [0.29, 0.717) is 0 Å². The van der Waals surface area contributed by atoms with Crippen molar-refractivity contribution in [2.45, 2.75) is 41.0 Å². The molecule has 3 aromatic heterocycles. The van der Waals surface area contributed by atoms with Gasteiger partial charge < -0.3 is 9.13 Å². The molecule has 0 aliphatic rings. The summed E-state index contributed by atoms with van der Waals surface area (Å²) in [7, 11) is 0. The van der Waals surface area contributed by atoms with E-state index in [-0.39, 0.29) is 0 Å². The summed E-state index contributed by atoms with van der Waals surface area (Å²) >= 11 is 1.82. The average molecular weight is 783 g/mol. The van der Waals surface area contributed by atoms with Gasteiger partial charge in [0, 0.05) is 53.5 Å². The van der Waals surface area contributed by atoms with Crippen molar-refractivity contribution >= 4 is 88.1 Å². The Morgan fingerprint density at radius 2 is 1.36 bits per heavy atom. The van der Waals surface area contributed by atoms with Gasteiger partial charge in [0.05, 0.1) is 22.1 Å². The summed E-state index contributed by atoms with van der Waals surface area (Å²) in [4.78, 5) is 1.19. The van der Waals surface area contributed by atoms with Gasteiger partial charge in [-0.3, -0.25) is 0 Å². The third-order valence-electron chi connectivity index (χ3n) is 11.3. The highest BCUT2D eigenvalue weighted by Gasteiger charge is 2.20. The van der Waals surface area contributed by atoms with E-state index >= 15 is 0 Å². The summed E-state index contributed by atoms with van der Waals surface area (Å²) < 4.78 is 6.07. The molecule has 8 rings (SSSR count). The summed E-state index contributed by atoms with van der Waals surface area (Å²) in [5.74, 6) is 0. The Kier molecular flexibility index (Phi) is 11.3. The van der Waals surface area contributed by atoms with Crippen molar-refractivity contribution in [1.82, 2.24) is 9.13 Å². The molecule has 0 fully saturated rings. The van der Waals surface area contributed by atoms with E-state index < -0.39 is 0 Å². The number of para-hydroxylation sites is 2. The molecular weight excluding hydrogens is 733 g/mol. The lowest BCUT2D eigenvalue weighted by Gasteiger charge is -2.12. The number of fused-ring (bicyclic) bond motifs is 7. The van der Waals surface area contributed by atoms with Crippen LogP contribution in [0.25, 0.3) is 87.9 Å². The molecule has 0 spiro atoms. The molecule has 0 radical (unpaired) electrons. The highest BCUT2D eigenvalue weighted by Crippen LogP contribution is 2.43. The molecule has 2 nitrogen and oxygen atoms in total. The first-order chi connectivity index (χ1) is 28.9. The van der Waals surface area contributed by atoms with Crippen LogP contribution in [0.1, 0.15) is 51.5 Å². The van der Waals surface area contributed by atoms with E-state index in [1.807, 2.05) is 23.5 Å². The summed E-state index contributed by atoms with van der Waals surface area (Å²) in [6.45, 7) is 19.1. The minimum atomic E-state index is 0.838. The second-order valence-electron chi connectivity index (χ2n) is 14.8. The summed E-state index contributed by atoms with van der Waals surface area (Å²) in [5.41, 5.74) is 14.1. The lowest BCUT2D eigenvalue weighted by molar-refractivity contribution is 1.21. The third-order valence-corrected chi connectivity index (χ3v) is 12.6. The fourth-order valence-electron chi connectivity index (χ4n) is 8.53. The molecule has 0 atom stereocenters. The molecule has 0 saturated carbocycles. The Labute approximate surface area is 352 Å². The van der Waals surface area contributed by atoms with Crippen molar-refractivity contribution in [3.8, 4) is 11.1 Å².